The van der Waals surface area contributed by atoms with Crippen molar-refractivity contribution in [3.05, 3.63) is 0 Å². The monoisotopic (exact) mass is 175 g/mol. The molecule has 0 heterocycles. The summed E-state index contributed by atoms with van der Waals surface area (Å²) >= 11 is 0. The molecule has 74 valence electrons. The summed E-state index contributed by atoms with van der Waals surface area (Å²) in [4.78, 5) is 9.59. The van der Waals surface area contributed by atoms with Gasteiger partial charge in [-0.3, -0.25) is 0 Å². The number of hydrogen-bond donors (Lipinski definition) is 0. The second kappa shape index (κ2) is 6.00. The van der Waals surface area contributed by atoms with Crippen LogP contribution in [0.2, 0.25) is 0 Å². The highest BCUT2D eigenvalue weighted by Crippen LogP contribution is 1.84. The number of carbonyl (C=O) groups is 1. The van der Waals surface area contributed by atoms with E-state index >= 15 is 0 Å². The SMILES string of the molecule is CC(C)C(=O)[O-].CC[N+](C)(C)C. The Morgan fingerprint density at radius 1 is 1.33 bits per heavy atom. The van der Waals surface area contributed by atoms with Crippen LogP contribution in [0.15, 0.2) is 0 Å². The van der Waals surface area contributed by atoms with Crippen molar-refractivity contribution in [3.63, 3.8) is 0 Å². The maximum Gasteiger partial charge on any atom is 0.0751 e. The third-order valence-electron chi connectivity index (χ3n) is 1.42. The number of nitrogens with zero attached hydrogens (tertiary/aromatic N) is 1. The largest absolute Gasteiger partial charge is 0.550 e. The molecule has 0 bridgehead atoms. The fraction of sp³-hybridized carbons (Fsp3) is 0.889. The number of carbonyl (C=O) groups excluding carboxylic acids is 1. The maximum absolute atomic E-state index is 9.59. The first-order valence-electron chi connectivity index (χ1n) is 4.22. The van der Waals surface area contributed by atoms with Gasteiger partial charge in [0.25, 0.3) is 0 Å². The molecule has 3 heteroatoms. The van der Waals surface area contributed by atoms with Gasteiger partial charge in [-0.25, -0.2) is 0 Å². The molecule has 0 rings (SSSR count). The summed E-state index contributed by atoms with van der Waals surface area (Å²) in [6.07, 6.45) is 0. The highest BCUT2D eigenvalue weighted by molar-refractivity contribution is 5.66. The molecule has 0 unspecified atom stereocenters. The van der Waals surface area contributed by atoms with Crippen molar-refractivity contribution in [3.8, 4) is 0 Å². The van der Waals surface area contributed by atoms with Crippen molar-refractivity contribution in [2.24, 2.45) is 5.92 Å². The van der Waals surface area contributed by atoms with E-state index in [-0.39, 0.29) is 5.92 Å². The summed E-state index contributed by atoms with van der Waals surface area (Å²) in [5, 5.41) is 9.59. The van der Waals surface area contributed by atoms with Gasteiger partial charge in [0.2, 0.25) is 0 Å². The van der Waals surface area contributed by atoms with E-state index in [0.29, 0.717) is 0 Å². The predicted molar refractivity (Wildman–Crippen MR) is 48.4 cm³/mol. The third kappa shape index (κ3) is 16.2. The van der Waals surface area contributed by atoms with Crippen LogP contribution in [0.25, 0.3) is 0 Å². The maximum atomic E-state index is 9.59. The average molecular weight is 175 g/mol. The first-order valence-corrected chi connectivity index (χ1v) is 4.22. The molecule has 0 aromatic heterocycles. The Morgan fingerprint density at radius 3 is 1.50 bits per heavy atom. The quantitative estimate of drug-likeness (QED) is 0.559. The molecule has 0 atom stereocenters. The second-order valence-electron chi connectivity index (χ2n) is 4.08. The van der Waals surface area contributed by atoms with Crippen LogP contribution in [0.5, 0.6) is 0 Å². The lowest BCUT2D eigenvalue weighted by Gasteiger charge is -2.20. The number of carboxylic acid groups (broad SMARTS) is 1. The molecule has 12 heavy (non-hydrogen) atoms. The van der Waals surface area contributed by atoms with Crippen molar-refractivity contribution in [1.82, 2.24) is 0 Å². The molecule has 0 aliphatic carbocycles. The molecule has 3 nitrogen and oxygen atoms in total. The van der Waals surface area contributed by atoms with Gasteiger partial charge in [0.05, 0.1) is 27.7 Å². The molecule has 0 aromatic carbocycles. The van der Waals surface area contributed by atoms with Crippen molar-refractivity contribution in [2.75, 3.05) is 27.7 Å². The lowest BCUT2D eigenvalue weighted by atomic mass is 10.2. The van der Waals surface area contributed by atoms with Gasteiger partial charge in [-0.1, -0.05) is 13.8 Å². The summed E-state index contributed by atoms with van der Waals surface area (Å²) in [7, 11) is 6.54. The number of rotatable bonds is 2. The minimum atomic E-state index is -0.991. The van der Waals surface area contributed by atoms with Crippen LogP contribution in [-0.2, 0) is 4.79 Å². The zero-order valence-electron chi connectivity index (χ0n) is 9.05. The summed E-state index contributed by atoms with van der Waals surface area (Å²) in [5.41, 5.74) is 0. The van der Waals surface area contributed by atoms with E-state index < -0.39 is 5.97 Å². The molecule has 0 radical (unpaired) electrons. The van der Waals surface area contributed by atoms with Gasteiger partial charge in [0.15, 0.2) is 0 Å². The van der Waals surface area contributed by atoms with Gasteiger partial charge < -0.3 is 14.4 Å². The van der Waals surface area contributed by atoms with Gasteiger partial charge in [-0.2, -0.15) is 0 Å². The number of quaternary nitrogens is 1. The fourth-order valence-electron chi connectivity index (χ4n) is 0. The minimum Gasteiger partial charge on any atom is -0.550 e. The summed E-state index contributed by atoms with van der Waals surface area (Å²) in [5.74, 6) is -1.33. The Balaban J connectivity index is 0. The van der Waals surface area contributed by atoms with E-state index in [0.717, 1.165) is 4.48 Å². The van der Waals surface area contributed by atoms with E-state index in [2.05, 4.69) is 28.1 Å². The summed E-state index contributed by atoms with van der Waals surface area (Å²) < 4.78 is 1.07. The van der Waals surface area contributed by atoms with Crippen molar-refractivity contribution < 1.29 is 14.4 Å². The molecule has 0 spiro atoms. The van der Waals surface area contributed by atoms with Gasteiger partial charge in [0.1, 0.15) is 0 Å². The molecule has 0 amide bonds. The first-order chi connectivity index (χ1) is 5.20. The highest BCUT2D eigenvalue weighted by Gasteiger charge is 1.97. The van der Waals surface area contributed by atoms with Crippen LogP contribution < -0.4 is 5.11 Å². The van der Waals surface area contributed by atoms with Crippen LogP contribution in [-0.4, -0.2) is 38.1 Å². The molecule has 0 aliphatic rings. The molecular formula is C9H21NO2. The van der Waals surface area contributed by atoms with E-state index in [9.17, 15) is 9.90 Å². The molecule has 0 fully saturated rings. The average Bonchev–Trinajstić information content (AvgIpc) is 1.87. The van der Waals surface area contributed by atoms with Crippen molar-refractivity contribution >= 4 is 5.97 Å². The van der Waals surface area contributed by atoms with Crippen molar-refractivity contribution in [2.45, 2.75) is 20.8 Å². The fourth-order valence-corrected chi connectivity index (χ4v) is 0. The highest BCUT2D eigenvalue weighted by atomic mass is 16.4. The molecule has 0 saturated carbocycles. The lowest BCUT2D eigenvalue weighted by molar-refractivity contribution is -0.868. The molecule has 0 aliphatic heterocycles. The Labute approximate surface area is 75.6 Å². The lowest BCUT2D eigenvalue weighted by Crippen LogP contribution is -2.33. The topological polar surface area (TPSA) is 40.1 Å². The van der Waals surface area contributed by atoms with Crippen molar-refractivity contribution in [1.29, 1.82) is 0 Å². The van der Waals surface area contributed by atoms with Gasteiger partial charge in [0, 0.05) is 5.97 Å². The molecule has 0 N–H and O–H groups in total. The predicted octanol–water partition coefficient (Wildman–Crippen LogP) is 0.105. The number of carboxylic acids is 1. The Kier molecular flexibility index (Phi) is 6.99. The molecule has 0 saturated heterocycles. The Morgan fingerprint density at radius 2 is 1.50 bits per heavy atom. The van der Waals surface area contributed by atoms with Crippen LogP contribution in [0, 0.1) is 5.92 Å². The second-order valence-corrected chi connectivity index (χ2v) is 4.08. The molecular weight excluding hydrogens is 154 g/mol. The molecule has 0 aromatic rings. The van der Waals surface area contributed by atoms with Gasteiger partial charge in [-0.05, 0) is 12.8 Å². The van der Waals surface area contributed by atoms with Crippen LogP contribution in [0.3, 0.4) is 0 Å². The first kappa shape index (κ1) is 14.0. The van der Waals surface area contributed by atoms with Crippen LogP contribution in [0.1, 0.15) is 20.8 Å². The normalized spacial score (nSPS) is 10.6. The van der Waals surface area contributed by atoms with E-state index in [1.54, 1.807) is 13.8 Å². The minimum absolute atomic E-state index is 0.343. The van der Waals surface area contributed by atoms with Crippen LogP contribution >= 0.6 is 0 Å². The number of hydrogen-bond acceptors (Lipinski definition) is 2. The van der Waals surface area contributed by atoms with E-state index in [4.69, 9.17) is 0 Å². The van der Waals surface area contributed by atoms with Crippen LogP contribution in [0.4, 0.5) is 0 Å². The third-order valence-corrected chi connectivity index (χ3v) is 1.42. The van der Waals surface area contributed by atoms with Gasteiger partial charge >= 0.3 is 0 Å². The van der Waals surface area contributed by atoms with E-state index in [1.165, 1.54) is 6.54 Å². The van der Waals surface area contributed by atoms with E-state index in [1.807, 2.05) is 0 Å². The summed E-state index contributed by atoms with van der Waals surface area (Å²) in [6, 6.07) is 0. The Hall–Kier alpha value is -0.570. The zero-order chi connectivity index (χ0) is 10.4. The standard InChI is InChI=1S/C5H14N.C4H8O2/c1-5-6(2,3)4;1-3(2)4(5)6/h5H2,1-4H3;3H,1-2H3,(H,5,6)/q+1;/p-1. The van der Waals surface area contributed by atoms with Gasteiger partial charge in [-0.15, -0.1) is 0 Å². The Bertz CT molecular complexity index is 125. The zero-order valence-corrected chi connectivity index (χ0v) is 9.05. The smallest absolute Gasteiger partial charge is 0.0751 e. The number of aliphatic carboxylic acids is 1. The summed E-state index contributed by atoms with van der Waals surface area (Å²) in [6.45, 7) is 6.55.